The van der Waals surface area contributed by atoms with Gasteiger partial charge in [0.25, 0.3) is 5.91 Å². The standard InChI is InChI=1S/C16H15NO4S2/c18-14(19)2-1-6-17-15(20)13(23-16(17)22)9-10-3-4-12-11(8-10)5-7-21-12/h3-4,8-9H,1-2,5-7H2,(H,18,19). The number of aliphatic carboxylic acids is 1. The molecular formula is C16H15NO4S2. The van der Waals surface area contributed by atoms with Gasteiger partial charge in [0, 0.05) is 19.4 Å². The molecule has 0 atom stereocenters. The van der Waals surface area contributed by atoms with E-state index in [-0.39, 0.29) is 12.3 Å². The minimum Gasteiger partial charge on any atom is -0.493 e. The zero-order chi connectivity index (χ0) is 16.4. The van der Waals surface area contributed by atoms with E-state index in [0.29, 0.717) is 28.8 Å². The van der Waals surface area contributed by atoms with Crippen LogP contribution >= 0.6 is 24.0 Å². The molecule has 0 bridgehead atoms. The van der Waals surface area contributed by atoms with Gasteiger partial charge in [-0.25, -0.2) is 0 Å². The molecule has 0 radical (unpaired) electrons. The summed E-state index contributed by atoms with van der Waals surface area (Å²) in [5, 5.41) is 8.68. The number of hydrogen-bond donors (Lipinski definition) is 1. The monoisotopic (exact) mass is 349 g/mol. The van der Waals surface area contributed by atoms with Gasteiger partial charge in [0.15, 0.2) is 0 Å². The molecule has 1 aromatic carbocycles. The second-order valence-corrected chi connectivity index (χ2v) is 6.97. The molecule has 1 aromatic rings. The van der Waals surface area contributed by atoms with Crippen LogP contribution in [0, 0.1) is 0 Å². The van der Waals surface area contributed by atoms with Crippen molar-refractivity contribution in [2.45, 2.75) is 19.3 Å². The van der Waals surface area contributed by atoms with Crippen LogP contribution in [-0.4, -0.2) is 39.4 Å². The Morgan fingerprint density at radius 1 is 1.48 bits per heavy atom. The van der Waals surface area contributed by atoms with Crippen LogP contribution in [0.2, 0.25) is 0 Å². The second kappa shape index (κ2) is 6.72. The first-order valence-corrected chi connectivity index (χ1v) is 8.50. The number of ether oxygens (including phenoxy) is 1. The zero-order valence-corrected chi connectivity index (χ0v) is 13.9. The molecule has 1 N–H and O–H groups in total. The highest BCUT2D eigenvalue weighted by molar-refractivity contribution is 8.26. The number of hydrogen-bond acceptors (Lipinski definition) is 5. The summed E-state index contributed by atoms with van der Waals surface area (Å²) < 4.78 is 5.95. The van der Waals surface area contributed by atoms with Crippen LogP contribution in [0.3, 0.4) is 0 Å². The van der Waals surface area contributed by atoms with Crippen molar-refractivity contribution in [2.24, 2.45) is 0 Å². The van der Waals surface area contributed by atoms with Crippen LogP contribution in [0.1, 0.15) is 24.0 Å². The SMILES string of the molecule is O=C(O)CCCN1C(=O)C(=Cc2ccc3c(c2)CCO3)SC1=S. The average Bonchev–Trinajstić information content (AvgIpc) is 3.06. The van der Waals surface area contributed by atoms with E-state index in [2.05, 4.69) is 0 Å². The Bertz CT molecular complexity index is 714. The van der Waals surface area contributed by atoms with E-state index >= 15 is 0 Å². The molecule has 23 heavy (non-hydrogen) atoms. The van der Waals surface area contributed by atoms with E-state index in [1.807, 2.05) is 24.3 Å². The maximum absolute atomic E-state index is 12.4. The van der Waals surface area contributed by atoms with E-state index in [4.69, 9.17) is 22.1 Å². The number of amides is 1. The Morgan fingerprint density at radius 3 is 3.09 bits per heavy atom. The van der Waals surface area contributed by atoms with Crippen LogP contribution in [0.25, 0.3) is 6.08 Å². The van der Waals surface area contributed by atoms with Gasteiger partial charge in [-0.2, -0.15) is 0 Å². The number of rotatable bonds is 5. The fourth-order valence-electron chi connectivity index (χ4n) is 2.53. The number of carboxylic acid groups (broad SMARTS) is 1. The van der Waals surface area contributed by atoms with Crippen molar-refractivity contribution in [2.75, 3.05) is 13.2 Å². The molecule has 1 fully saturated rings. The fourth-order valence-corrected chi connectivity index (χ4v) is 3.84. The molecule has 2 heterocycles. The van der Waals surface area contributed by atoms with Gasteiger partial charge in [0.05, 0.1) is 11.5 Å². The summed E-state index contributed by atoms with van der Waals surface area (Å²) in [6, 6.07) is 5.86. The number of benzene rings is 1. The van der Waals surface area contributed by atoms with Gasteiger partial charge in [-0.05, 0) is 35.8 Å². The van der Waals surface area contributed by atoms with Crippen molar-refractivity contribution in [3.63, 3.8) is 0 Å². The van der Waals surface area contributed by atoms with Crippen molar-refractivity contribution < 1.29 is 19.4 Å². The summed E-state index contributed by atoms with van der Waals surface area (Å²) in [5.74, 6) is -0.114. The number of carbonyl (C=O) groups is 2. The minimum atomic E-state index is -0.869. The number of nitrogens with zero attached hydrogens (tertiary/aromatic N) is 1. The molecule has 2 aliphatic rings. The molecule has 0 spiro atoms. The molecular weight excluding hydrogens is 334 g/mol. The summed E-state index contributed by atoms with van der Waals surface area (Å²) in [7, 11) is 0. The smallest absolute Gasteiger partial charge is 0.303 e. The van der Waals surface area contributed by atoms with Gasteiger partial charge in [0.2, 0.25) is 0 Å². The fraction of sp³-hybridized carbons (Fsp3) is 0.312. The van der Waals surface area contributed by atoms with E-state index in [9.17, 15) is 9.59 Å². The molecule has 3 rings (SSSR count). The van der Waals surface area contributed by atoms with Crippen LogP contribution < -0.4 is 4.74 Å². The Labute approximate surface area is 143 Å². The highest BCUT2D eigenvalue weighted by Crippen LogP contribution is 2.34. The Morgan fingerprint density at radius 2 is 2.30 bits per heavy atom. The van der Waals surface area contributed by atoms with Gasteiger partial charge in [0.1, 0.15) is 10.1 Å². The lowest BCUT2D eigenvalue weighted by Gasteiger charge is -2.13. The topological polar surface area (TPSA) is 66.8 Å². The highest BCUT2D eigenvalue weighted by Gasteiger charge is 2.31. The normalized spacial score (nSPS) is 18.4. The van der Waals surface area contributed by atoms with Gasteiger partial charge in [-0.1, -0.05) is 30.0 Å². The molecule has 120 valence electrons. The largest absolute Gasteiger partial charge is 0.493 e. The molecule has 7 heteroatoms. The summed E-state index contributed by atoms with van der Waals surface area (Å²) in [6.07, 6.45) is 3.13. The van der Waals surface area contributed by atoms with Gasteiger partial charge in [-0.3, -0.25) is 14.5 Å². The predicted octanol–water partition coefficient (Wildman–Crippen LogP) is 2.69. The average molecular weight is 349 g/mol. The predicted molar refractivity (Wildman–Crippen MR) is 92.4 cm³/mol. The maximum Gasteiger partial charge on any atom is 0.303 e. The third-order valence-corrected chi connectivity index (χ3v) is 5.04. The Balaban J connectivity index is 1.72. The van der Waals surface area contributed by atoms with Crippen molar-refractivity contribution >= 4 is 46.3 Å². The van der Waals surface area contributed by atoms with Crippen molar-refractivity contribution in [3.05, 3.63) is 34.2 Å². The number of thioether (sulfide) groups is 1. The quantitative estimate of drug-likeness (QED) is 0.651. The van der Waals surface area contributed by atoms with E-state index < -0.39 is 5.97 Å². The lowest BCUT2D eigenvalue weighted by molar-refractivity contribution is -0.137. The lowest BCUT2D eigenvalue weighted by Crippen LogP contribution is -2.29. The molecule has 0 aliphatic carbocycles. The van der Waals surface area contributed by atoms with Gasteiger partial charge in [-0.15, -0.1) is 0 Å². The summed E-state index contributed by atoms with van der Waals surface area (Å²) in [6.45, 7) is 1.04. The van der Waals surface area contributed by atoms with Gasteiger partial charge >= 0.3 is 5.97 Å². The Kier molecular flexibility index (Phi) is 4.68. The number of fused-ring (bicyclic) bond motifs is 1. The number of carbonyl (C=O) groups excluding carboxylic acids is 1. The highest BCUT2D eigenvalue weighted by atomic mass is 32.2. The molecule has 5 nitrogen and oxygen atoms in total. The molecule has 2 aliphatic heterocycles. The molecule has 0 unspecified atom stereocenters. The number of carboxylic acids is 1. The van der Waals surface area contributed by atoms with E-state index in [0.717, 1.165) is 23.3 Å². The second-order valence-electron chi connectivity index (χ2n) is 5.30. The first kappa shape index (κ1) is 16.0. The minimum absolute atomic E-state index is 0.0287. The molecule has 0 aromatic heterocycles. The van der Waals surface area contributed by atoms with Gasteiger partial charge < -0.3 is 9.84 Å². The molecule has 0 saturated carbocycles. The lowest BCUT2D eigenvalue weighted by atomic mass is 10.1. The zero-order valence-electron chi connectivity index (χ0n) is 12.3. The Hall–Kier alpha value is -1.86. The first-order valence-electron chi connectivity index (χ1n) is 7.27. The summed E-state index contributed by atoms with van der Waals surface area (Å²) in [5.41, 5.74) is 2.09. The van der Waals surface area contributed by atoms with Crippen LogP contribution in [0.5, 0.6) is 5.75 Å². The molecule has 1 saturated heterocycles. The molecule has 1 amide bonds. The summed E-state index contributed by atoms with van der Waals surface area (Å²) in [4.78, 5) is 25.0. The van der Waals surface area contributed by atoms with Crippen LogP contribution in [0.15, 0.2) is 23.1 Å². The van der Waals surface area contributed by atoms with Crippen LogP contribution in [-0.2, 0) is 16.0 Å². The van der Waals surface area contributed by atoms with E-state index in [1.165, 1.54) is 16.7 Å². The van der Waals surface area contributed by atoms with E-state index in [1.54, 1.807) is 0 Å². The van der Waals surface area contributed by atoms with Crippen molar-refractivity contribution in [3.8, 4) is 5.75 Å². The van der Waals surface area contributed by atoms with Crippen molar-refractivity contribution in [1.82, 2.24) is 4.90 Å². The third-order valence-electron chi connectivity index (χ3n) is 3.66. The first-order chi connectivity index (χ1) is 11.0. The van der Waals surface area contributed by atoms with Crippen molar-refractivity contribution in [1.29, 1.82) is 0 Å². The van der Waals surface area contributed by atoms with Crippen LogP contribution in [0.4, 0.5) is 0 Å². The number of thiocarbonyl (C=S) groups is 1. The maximum atomic E-state index is 12.4. The third kappa shape index (κ3) is 3.56. The summed E-state index contributed by atoms with van der Waals surface area (Å²) >= 11 is 6.49.